The van der Waals surface area contributed by atoms with Crippen LogP contribution in [0.5, 0.6) is 0 Å². The van der Waals surface area contributed by atoms with E-state index in [-0.39, 0.29) is 30.1 Å². The van der Waals surface area contributed by atoms with Gasteiger partial charge in [0.25, 0.3) is 0 Å². The van der Waals surface area contributed by atoms with Crippen LogP contribution in [-0.2, 0) is 24.1 Å². The number of aliphatic imine (C=N–C) groups is 1. The van der Waals surface area contributed by atoms with Crippen LogP contribution in [-0.4, -0.2) is 30.8 Å². The Bertz CT molecular complexity index is 757. The van der Waals surface area contributed by atoms with Crippen LogP contribution in [0.25, 0.3) is 0 Å². The third-order valence-electron chi connectivity index (χ3n) is 5.45. The monoisotopic (exact) mass is 526 g/mol. The van der Waals surface area contributed by atoms with Crippen LogP contribution >= 0.6 is 24.0 Å². The number of nitrogens with zero attached hydrogens (tertiary/aromatic N) is 2. The number of ether oxygens (including phenoxy) is 1. The Balaban J connectivity index is 0.00000320. The highest BCUT2D eigenvalue weighted by atomic mass is 127. The van der Waals surface area contributed by atoms with Crippen molar-refractivity contribution in [1.82, 2.24) is 15.8 Å². The third kappa shape index (κ3) is 6.44. The van der Waals surface area contributed by atoms with E-state index in [1.165, 1.54) is 5.56 Å². The van der Waals surface area contributed by atoms with E-state index in [0.717, 1.165) is 68.4 Å². The smallest absolute Gasteiger partial charge is 0.191 e. The van der Waals surface area contributed by atoms with E-state index in [2.05, 4.69) is 66.9 Å². The summed E-state index contributed by atoms with van der Waals surface area (Å²) in [6.45, 7) is 9.33. The third-order valence-corrected chi connectivity index (χ3v) is 5.45. The number of nitrogens with one attached hydrogen (secondary N) is 2. The van der Waals surface area contributed by atoms with Crippen LogP contribution < -0.4 is 10.6 Å². The largest absolute Gasteiger partial charge is 0.373 e. The summed E-state index contributed by atoms with van der Waals surface area (Å²) in [5, 5.41) is 11.1. The first-order valence-corrected chi connectivity index (χ1v) is 10.9. The Hall–Kier alpha value is -1.61. The summed E-state index contributed by atoms with van der Waals surface area (Å²) in [5.74, 6) is 2.18. The second-order valence-corrected chi connectivity index (χ2v) is 7.42. The van der Waals surface area contributed by atoms with Crippen molar-refractivity contribution in [1.29, 1.82) is 0 Å². The first-order chi connectivity index (χ1) is 14.3. The number of halogens is 1. The quantitative estimate of drug-likeness (QED) is 0.298. The summed E-state index contributed by atoms with van der Waals surface area (Å²) in [5.41, 5.74) is 3.38. The minimum Gasteiger partial charge on any atom is -0.373 e. The molecule has 0 saturated carbocycles. The molecule has 2 aromatic rings. The molecule has 1 fully saturated rings. The molecule has 1 aromatic carbocycles. The molecule has 3 rings (SSSR count). The lowest BCUT2D eigenvalue weighted by atomic mass is 9.89. The Kier molecular flexibility index (Phi) is 10.6. The van der Waals surface area contributed by atoms with Crippen molar-refractivity contribution in [3.63, 3.8) is 0 Å². The molecule has 6 nitrogen and oxygen atoms in total. The zero-order valence-electron chi connectivity index (χ0n) is 18.3. The molecule has 0 aliphatic carbocycles. The van der Waals surface area contributed by atoms with E-state index in [4.69, 9.17) is 14.3 Å². The maximum atomic E-state index is 6.13. The Labute approximate surface area is 197 Å². The van der Waals surface area contributed by atoms with Gasteiger partial charge < -0.3 is 19.9 Å². The molecular formula is C23H35IN4O2. The van der Waals surface area contributed by atoms with Gasteiger partial charge in [0.2, 0.25) is 0 Å². The van der Waals surface area contributed by atoms with Crippen LogP contribution in [0, 0.1) is 5.92 Å². The molecule has 0 spiro atoms. The average Bonchev–Trinajstić information content (AvgIpc) is 3.18. The molecule has 0 amide bonds. The van der Waals surface area contributed by atoms with Crippen molar-refractivity contribution in [2.75, 3.05) is 19.7 Å². The van der Waals surface area contributed by atoms with E-state index in [9.17, 15) is 0 Å². The van der Waals surface area contributed by atoms with Gasteiger partial charge in [-0.2, -0.15) is 0 Å². The normalized spacial score (nSPS) is 19.2. The number of hydrogen-bond acceptors (Lipinski definition) is 4. The van der Waals surface area contributed by atoms with Crippen molar-refractivity contribution in [2.24, 2.45) is 10.9 Å². The van der Waals surface area contributed by atoms with Gasteiger partial charge >= 0.3 is 0 Å². The average molecular weight is 526 g/mol. The van der Waals surface area contributed by atoms with Crippen molar-refractivity contribution >= 4 is 29.9 Å². The van der Waals surface area contributed by atoms with Gasteiger partial charge in [-0.1, -0.05) is 49.3 Å². The van der Waals surface area contributed by atoms with E-state index in [0.29, 0.717) is 12.5 Å². The van der Waals surface area contributed by atoms with Gasteiger partial charge in [-0.05, 0) is 31.7 Å². The summed E-state index contributed by atoms with van der Waals surface area (Å²) in [7, 11) is 0. The standard InChI is InChI=1S/C23H34N4O2.HI/c1-4-20-19(21(5-2)29-27-20)16-26-23(24-6-3)25-15-18-13-10-14-28-22(18)17-11-8-7-9-12-17;/h7-9,11-12,18,22H,4-6,10,13-16H2,1-3H3,(H2,24,25,26);1H. The van der Waals surface area contributed by atoms with Crippen molar-refractivity contribution in [3.8, 4) is 0 Å². The molecule has 2 unspecified atom stereocenters. The predicted molar refractivity (Wildman–Crippen MR) is 131 cm³/mol. The molecular weight excluding hydrogens is 491 g/mol. The Morgan fingerprint density at radius 2 is 1.93 bits per heavy atom. The number of aryl methyl sites for hydroxylation is 2. The fraction of sp³-hybridized carbons (Fsp3) is 0.565. The maximum absolute atomic E-state index is 6.13. The summed E-state index contributed by atoms with van der Waals surface area (Å²) >= 11 is 0. The lowest BCUT2D eigenvalue weighted by molar-refractivity contribution is -0.0265. The highest BCUT2D eigenvalue weighted by Crippen LogP contribution is 2.33. The Morgan fingerprint density at radius 1 is 1.13 bits per heavy atom. The summed E-state index contributed by atoms with van der Waals surface area (Å²) in [4.78, 5) is 4.81. The number of rotatable bonds is 8. The van der Waals surface area contributed by atoms with E-state index in [1.807, 2.05) is 0 Å². The van der Waals surface area contributed by atoms with Gasteiger partial charge in [0, 0.05) is 37.6 Å². The van der Waals surface area contributed by atoms with Crippen LogP contribution in [0.15, 0.2) is 39.8 Å². The van der Waals surface area contributed by atoms with E-state index < -0.39 is 0 Å². The summed E-state index contributed by atoms with van der Waals surface area (Å²) in [6, 6.07) is 10.5. The van der Waals surface area contributed by atoms with Gasteiger partial charge in [0.15, 0.2) is 5.96 Å². The molecule has 1 saturated heterocycles. The van der Waals surface area contributed by atoms with Gasteiger partial charge in [0.05, 0.1) is 18.3 Å². The highest BCUT2D eigenvalue weighted by molar-refractivity contribution is 14.0. The number of hydrogen-bond donors (Lipinski definition) is 2. The molecule has 7 heteroatoms. The van der Waals surface area contributed by atoms with Crippen LogP contribution in [0.3, 0.4) is 0 Å². The molecule has 0 bridgehead atoms. The number of guanidine groups is 1. The zero-order chi connectivity index (χ0) is 20.5. The van der Waals surface area contributed by atoms with Crippen molar-refractivity contribution in [3.05, 3.63) is 52.9 Å². The molecule has 30 heavy (non-hydrogen) atoms. The van der Waals surface area contributed by atoms with Gasteiger partial charge in [-0.25, -0.2) is 4.99 Å². The lowest BCUT2D eigenvalue weighted by Gasteiger charge is -2.32. The Morgan fingerprint density at radius 3 is 2.63 bits per heavy atom. The second kappa shape index (κ2) is 12.9. The van der Waals surface area contributed by atoms with Crippen LogP contribution in [0.4, 0.5) is 0 Å². The molecule has 0 radical (unpaired) electrons. The minimum absolute atomic E-state index is 0. The molecule has 2 N–H and O–H groups in total. The van der Waals surface area contributed by atoms with Crippen molar-refractivity contribution in [2.45, 2.75) is 59.1 Å². The van der Waals surface area contributed by atoms with Gasteiger partial charge in [0.1, 0.15) is 5.76 Å². The minimum atomic E-state index is 0. The topological polar surface area (TPSA) is 71.7 Å². The molecule has 1 aliphatic rings. The molecule has 1 aliphatic heterocycles. The van der Waals surface area contributed by atoms with E-state index >= 15 is 0 Å². The lowest BCUT2D eigenvalue weighted by Crippen LogP contribution is -2.42. The highest BCUT2D eigenvalue weighted by Gasteiger charge is 2.27. The summed E-state index contributed by atoms with van der Waals surface area (Å²) in [6.07, 6.45) is 4.08. The summed E-state index contributed by atoms with van der Waals surface area (Å²) < 4.78 is 11.6. The fourth-order valence-corrected chi connectivity index (χ4v) is 3.91. The first-order valence-electron chi connectivity index (χ1n) is 10.9. The van der Waals surface area contributed by atoms with Crippen molar-refractivity contribution < 1.29 is 9.26 Å². The fourth-order valence-electron chi connectivity index (χ4n) is 3.91. The number of benzene rings is 1. The molecule has 2 atom stereocenters. The van der Waals surface area contributed by atoms with Crippen LogP contribution in [0.2, 0.25) is 0 Å². The first kappa shape index (κ1) is 24.7. The van der Waals surface area contributed by atoms with Gasteiger partial charge in [-0.3, -0.25) is 0 Å². The number of aromatic nitrogens is 1. The molecule has 166 valence electrons. The van der Waals surface area contributed by atoms with Crippen LogP contribution in [0.1, 0.15) is 62.3 Å². The predicted octanol–water partition coefficient (Wildman–Crippen LogP) is 4.64. The SMILES string of the molecule is CCNC(=NCc1c(CC)noc1CC)NCC1CCCOC1c1ccccc1.I. The molecule has 2 heterocycles. The van der Waals surface area contributed by atoms with Gasteiger partial charge in [-0.15, -0.1) is 24.0 Å². The second-order valence-electron chi connectivity index (χ2n) is 7.42. The molecule has 1 aromatic heterocycles. The van der Waals surface area contributed by atoms with E-state index in [1.54, 1.807) is 0 Å². The zero-order valence-corrected chi connectivity index (χ0v) is 20.6. The maximum Gasteiger partial charge on any atom is 0.191 e.